The zero-order valence-electron chi connectivity index (χ0n) is 13.1. The van der Waals surface area contributed by atoms with E-state index in [4.69, 9.17) is 4.74 Å². The van der Waals surface area contributed by atoms with Crippen LogP contribution >= 0.6 is 0 Å². The fourth-order valence-electron chi connectivity index (χ4n) is 2.52. The molecule has 5 nitrogen and oxygen atoms in total. The lowest BCUT2D eigenvalue weighted by Crippen LogP contribution is -2.24. The molecule has 1 N–H and O–H groups in total. The van der Waals surface area contributed by atoms with Crippen molar-refractivity contribution in [1.82, 2.24) is 20.3 Å². The van der Waals surface area contributed by atoms with Gasteiger partial charge in [-0.1, -0.05) is 6.92 Å². The van der Waals surface area contributed by atoms with Crippen LogP contribution in [0.1, 0.15) is 35.3 Å². The van der Waals surface area contributed by atoms with Crippen LogP contribution in [0.25, 0.3) is 0 Å². The zero-order valence-corrected chi connectivity index (χ0v) is 13.1. The molecule has 0 aliphatic heterocycles. The van der Waals surface area contributed by atoms with Crippen molar-refractivity contribution >= 4 is 0 Å². The van der Waals surface area contributed by atoms with Gasteiger partial charge in [0.15, 0.2) is 0 Å². The topological polar surface area (TPSA) is 59.9 Å². The summed E-state index contributed by atoms with van der Waals surface area (Å²) >= 11 is 0. The molecule has 0 spiro atoms. The smallest absolute Gasteiger partial charge is 0.128 e. The highest BCUT2D eigenvalue weighted by Gasteiger charge is 2.16. The lowest BCUT2D eigenvalue weighted by atomic mass is 10.0. The van der Waals surface area contributed by atoms with Gasteiger partial charge >= 0.3 is 0 Å². The van der Waals surface area contributed by atoms with Gasteiger partial charge in [0.1, 0.15) is 12.1 Å². The third-order valence-corrected chi connectivity index (χ3v) is 3.58. The third-order valence-electron chi connectivity index (χ3n) is 3.58. The molecule has 0 radical (unpaired) electrons. The average molecular weight is 286 g/mol. The van der Waals surface area contributed by atoms with Gasteiger partial charge in [0.2, 0.25) is 0 Å². The number of aryl methyl sites for hydroxylation is 1. The second-order valence-corrected chi connectivity index (χ2v) is 5.03. The van der Waals surface area contributed by atoms with Crippen molar-refractivity contribution in [2.45, 2.75) is 33.2 Å². The SMILES string of the molecule is CCNC(Cc1ncc(C)c(OC)c1C)c1cncnc1. The number of rotatable bonds is 6. The maximum absolute atomic E-state index is 5.48. The van der Waals surface area contributed by atoms with E-state index in [9.17, 15) is 0 Å². The van der Waals surface area contributed by atoms with E-state index in [1.54, 1.807) is 13.4 Å². The summed E-state index contributed by atoms with van der Waals surface area (Å²) < 4.78 is 5.48. The average Bonchev–Trinajstić information content (AvgIpc) is 2.51. The van der Waals surface area contributed by atoms with Crippen LogP contribution in [0.5, 0.6) is 5.75 Å². The predicted octanol–water partition coefficient (Wildman–Crippen LogP) is 2.39. The van der Waals surface area contributed by atoms with Gasteiger partial charge in [-0.2, -0.15) is 0 Å². The van der Waals surface area contributed by atoms with E-state index in [0.29, 0.717) is 0 Å². The minimum Gasteiger partial charge on any atom is -0.496 e. The second kappa shape index (κ2) is 7.13. The highest BCUT2D eigenvalue weighted by Crippen LogP contribution is 2.27. The van der Waals surface area contributed by atoms with Crippen molar-refractivity contribution in [2.75, 3.05) is 13.7 Å². The van der Waals surface area contributed by atoms with Crippen molar-refractivity contribution in [2.24, 2.45) is 0 Å². The number of likely N-dealkylation sites (N-methyl/N-ethyl adjacent to an activating group) is 1. The molecular weight excluding hydrogens is 264 g/mol. The molecule has 5 heteroatoms. The quantitative estimate of drug-likeness (QED) is 0.883. The van der Waals surface area contributed by atoms with Crippen molar-refractivity contribution in [1.29, 1.82) is 0 Å². The third kappa shape index (κ3) is 3.55. The van der Waals surface area contributed by atoms with E-state index in [1.165, 1.54) is 0 Å². The number of aromatic nitrogens is 3. The molecule has 0 amide bonds. The molecule has 112 valence electrons. The largest absolute Gasteiger partial charge is 0.496 e. The van der Waals surface area contributed by atoms with Gasteiger partial charge in [-0.15, -0.1) is 0 Å². The molecule has 0 saturated carbocycles. The van der Waals surface area contributed by atoms with E-state index in [1.807, 2.05) is 25.5 Å². The van der Waals surface area contributed by atoms with Gasteiger partial charge in [-0.25, -0.2) is 9.97 Å². The van der Waals surface area contributed by atoms with Crippen molar-refractivity contribution in [3.63, 3.8) is 0 Å². The molecule has 1 atom stereocenters. The number of hydrogen-bond donors (Lipinski definition) is 1. The summed E-state index contributed by atoms with van der Waals surface area (Å²) in [6.45, 7) is 7.03. The van der Waals surface area contributed by atoms with Crippen molar-refractivity contribution < 1.29 is 4.74 Å². The first kappa shape index (κ1) is 15.4. The Morgan fingerprint density at radius 3 is 2.52 bits per heavy atom. The van der Waals surface area contributed by atoms with Crippen LogP contribution in [-0.2, 0) is 6.42 Å². The van der Waals surface area contributed by atoms with E-state index in [2.05, 4.69) is 34.1 Å². The Morgan fingerprint density at radius 2 is 1.90 bits per heavy atom. The highest BCUT2D eigenvalue weighted by molar-refractivity contribution is 5.41. The number of pyridine rings is 1. The summed E-state index contributed by atoms with van der Waals surface area (Å²) in [7, 11) is 1.70. The number of nitrogens with zero attached hydrogens (tertiary/aromatic N) is 3. The summed E-state index contributed by atoms with van der Waals surface area (Å²) in [5.41, 5.74) is 4.26. The lowest BCUT2D eigenvalue weighted by molar-refractivity contribution is 0.406. The van der Waals surface area contributed by atoms with E-state index >= 15 is 0 Å². The standard InChI is InChI=1S/C16H22N4O/c1-5-19-15(13-8-17-10-18-9-13)6-14-12(3)16(21-4)11(2)7-20-14/h7-10,15,19H,5-6H2,1-4H3. The minimum atomic E-state index is 0.148. The molecule has 0 fully saturated rings. The molecule has 0 bridgehead atoms. The van der Waals surface area contributed by atoms with Crippen LogP contribution < -0.4 is 10.1 Å². The second-order valence-electron chi connectivity index (χ2n) is 5.03. The van der Waals surface area contributed by atoms with Crippen LogP contribution in [0.2, 0.25) is 0 Å². The van der Waals surface area contributed by atoms with Gasteiger partial charge in [-0.3, -0.25) is 4.98 Å². The van der Waals surface area contributed by atoms with Gasteiger partial charge in [0, 0.05) is 53.4 Å². The summed E-state index contributed by atoms with van der Waals surface area (Å²) in [5.74, 6) is 0.916. The minimum absolute atomic E-state index is 0.148. The molecule has 0 aliphatic carbocycles. The highest BCUT2D eigenvalue weighted by atomic mass is 16.5. The number of ether oxygens (including phenoxy) is 1. The molecule has 1 unspecified atom stereocenters. The first-order valence-corrected chi connectivity index (χ1v) is 7.14. The van der Waals surface area contributed by atoms with Gasteiger partial charge < -0.3 is 10.1 Å². The summed E-state index contributed by atoms with van der Waals surface area (Å²) in [4.78, 5) is 12.8. The van der Waals surface area contributed by atoms with E-state index in [0.717, 1.165) is 41.1 Å². The van der Waals surface area contributed by atoms with Crippen LogP contribution in [0.4, 0.5) is 0 Å². The number of hydrogen-bond acceptors (Lipinski definition) is 5. The fraction of sp³-hybridized carbons (Fsp3) is 0.438. The van der Waals surface area contributed by atoms with E-state index in [-0.39, 0.29) is 6.04 Å². The van der Waals surface area contributed by atoms with Gasteiger partial charge in [0.25, 0.3) is 0 Å². The summed E-state index contributed by atoms with van der Waals surface area (Å²) in [6, 6.07) is 0.148. The van der Waals surface area contributed by atoms with Crippen molar-refractivity contribution in [3.05, 3.63) is 47.3 Å². The molecule has 0 aliphatic rings. The Labute approximate surface area is 125 Å². The summed E-state index contributed by atoms with van der Waals surface area (Å²) in [6.07, 6.45) is 7.89. The lowest BCUT2D eigenvalue weighted by Gasteiger charge is -2.19. The maximum Gasteiger partial charge on any atom is 0.128 e. The molecule has 0 saturated heterocycles. The van der Waals surface area contributed by atoms with Crippen molar-refractivity contribution in [3.8, 4) is 5.75 Å². The monoisotopic (exact) mass is 286 g/mol. The molecule has 2 rings (SSSR count). The number of nitrogens with one attached hydrogen (secondary N) is 1. The maximum atomic E-state index is 5.48. The Bertz CT molecular complexity index is 586. The molecule has 2 aromatic heterocycles. The first-order valence-electron chi connectivity index (χ1n) is 7.14. The molecule has 0 aromatic carbocycles. The summed E-state index contributed by atoms with van der Waals surface area (Å²) in [5, 5.41) is 3.47. The fourth-order valence-corrected chi connectivity index (χ4v) is 2.52. The van der Waals surface area contributed by atoms with Crippen LogP contribution in [0, 0.1) is 13.8 Å². The Balaban J connectivity index is 2.29. The molecular formula is C16H22N4O. The van der Waals surface area contributed by atoms with Crippen LogP contribution in [0.3, 0.4) is 0 Å². The normalized spacial score (nSPS) is 12.2. The molecule has 2 aromatic rings. The van der Waals surface area contributed by atoms with Gasteiger partial charge in [0.05, 0.1) is 7.11 Å². The Morgan fingerprint density at radius 1 is 1.19 bits per heavy atom. The van der Waals surface area contributed by atoms with Crippen LogP contribution in [-0.4, -0.2) is 28.6 Å². The van der Waals surface area contributed by atoms with Crippen LogP contribution in [0.15, 0.2) is 24.9 Å². The Hall–Kier alpha value is -2.01. The number of methoxy groups -OCH3 is 1. The molecule has 2 heterocycles. The predicted molar refractivity (Wildman–Crippen MR) is 82.4 cm³/mol. The molecule has 21 heavy (non-hydrogen) atoms. The van der Waals surface area contributed by atoms with Gasteiger partial charge in [-0.05, 0) is 20.4 Å². The Kier molecular flexibility index (Phi) is 5.22. The first-order chi connectivity index (χ1) is 10.2. The zero-order chi connectivity index (χ0) is 15.2. The van der Waals surface area contributed by atoms with E-state index < -0.39 is 0 Å².